The van der Waals surface area contributed by atoms with Gasteiger partial charge in [-0.3, -0.25) is 0 Å². The molecule has 0 saturated heterocycles. The van der Waals surface area contributed by atoms with Crippen molar-refractivity contribution in [3.8, 4) is 0 Å². The zero-order chi connectivity index (χ0) is 12.9. The minimum Gasteiger partial charge on any atom is -0.370 e. The van der Waals surface area contributed by atoms with Gasteiger partial charge in [0.15, 0.2) is 0 Å². The lowest BCUT2D eigenvalue weighted by molar-refractivity contribution is 0.518. The molecule has 1 fully saturated rings. The molecule has 2 aliphatic rings. The molecule has 0 aliphatic heterocycles. The first-order valence-corrected chi connectivity index (χ1v) is 8.00. The lowest BCUT2D eigenvalue weighted by Gasteiger charge is -2.14. The maximum absolute atomic E-state index is 4.48. The Morgan fingerprint density at radius 3 is 2.74 bits per heavy atom. The third-order valence-corrected chi connectivity index (χ3v) is 4.69. The lowest BCUT2D eigenvalue weighted by Crippen LogP contribution is -2.11. The standard InChI is InChI=1S/C16H25N3/c1-2-8-14-15(9-3-1)18-12-19-16(14)17-11-10-13-6-4-5-7-13/h12-13H,1-11H2,(H,17,18,19). The zero-order valence-corrected chi connectivity index (χ0v) is 11.8. The average molecular weight is 259 g/mol. The maximum atomic E-state index is 4.48. The first kappa shape index (κ1) is 12.9. The van der Waals surface area contributed by atoms with E-state index in [1.807, 2.05) is 0 Å². The molecule has 2 aliphatic carbocycles. The smallest absolute Gasteiger partial charge is 0.132 e. The fraction of sp³-hybridized carbons (Fsp3) is 0.750. The van der Waals surface area contributed by atoms with Crippen molar-refractivity contribution < 1.29 is 0 Å². The number of hydrogen-bond acceptors (Lipinski definition) is 3. The number of anilines is 1. The van der Waals surface area contributed by atoms with Crippen molar-refractivity contribution in [3.05, 3.63) is 17.6 Å². The van der Waals surface area contributed by atoms with Gasteiger partial charge < -0.3 is 5.32 Å². The summed E-state index contributed by atoms with van der Waals surface area (Å²) in [6, 6.07) is 0. The van der Waals surface area contributed by atoms with E-state index >= 15 is 0 Å². The van der Waals surface area contributed by atoms with Crippen LogP contribution < -0.4 is 5.32 Å². The molecule has 1 saturated carbocycles. The van der Waals surface area contributed by atoms with Crippen LogP contribution in [-0.4, -0.2) is 16.5 Å². The molecule has 1 aromatic rings. The van der Waals surface area contributed by atoms with Gasteiger partial charge in [0.25, 0.3) is 0 Å². The van der Waals surface area contributed by atoms with Gasteiger partial charge in [0.2, 0.25) is 0 Å². The van der Waals surface area contributed by atoms with Gasteiger partial charge in [-0.1, -0.05) is 32.1 Å². The fourth-order valence-electron chi connectivity index (χ4n) is 3.54. The number of nitrogens with zero attached hydrogens (tertiary/aromatic N) is 2. The van der Waals surface area contributed by atoms with E-state index in [4.69, 9.17) is 0 Å². The highest BCUT2D eigenvalue weighted by Gasteiger charge is 2.16. The molecule has 3 rings (SSSR count). The largest absolute Gasteiger partial charge is 0.370 e. The Hall–Kier alpha value is -1.12. The average Bonchev–Trinajstić information content (AvgIpc) is 2.82. The molecule has 1 heterocycles. The van der Waals surface area contributed by atoms with E-state index in [9.17, 15) is 0 Å². The molecule has 0 spiro atoms. The van der Waals surface area contributed by atoms with E-state index in [1.54, 1.807) is 6.33 Å². The molecule has 3 nitrogen and oxygen atoms in total. The van der Waals surface area contributed by atoms with E-state index in [-0.39, 0.29) is 0 Å². The van der Waals surface area contributed by atoms with Crippen LogP contribution >= 0.6 is 0 Å². The summed E-state index contributed by atoms with van der Waals surface area (Å²) in [6.45, 7) is 1.08. The number of aryl methyl sites for hydroxylation is 1. The van der Waals surface area contributed by atoms with Crippen molar-refractivity contribution in [3.63, 3.8) is 0 Å². The van der Waals surface area contributed by atoms with Crippen molar-refractivity contribution in [2.75, 3.05) is 11.9 Å². The predicted molar refractivity (Wildman–Crippen MR) is 78.4 cm³/mol. The second-order valence-electron chi connectivity index (χ2n) is 6.07. The normalized spacial score (nSPS) is 20.0. The maximum Gasteiger partial charge on any atom is 0.132 e. The highest BCUT2D eigenvalue weighted by atomic mass is 15.0. The van der Waals surface area contributed by atoms with Crippen molar-refractivity contribution in [2.24, 2.45) is 5.92 Å². The van der Waals surface area contributed by atoms with E-state index < -0.39 is 0 Å². The summed E-state index contributed by atoms with van der Waals surface area (Å²) in [5.74, 6) is 2.07. The van der Waals surface area contributed by atoms with Crippen molar-refractivity contribution in [1.29, 1.82) is 0 Å². The molecular weight excluding hydrogens is 234 g/mol. The number of aromatic nitrogens is 2. The number of hydrogen-bond donors (Lipinski definition) is 1. The molecule has 0 amide bonds. The minimum atomic E-state index is 0.952. The molecule has 0 aromatic carbocycles. The zero-order valence-electron chi connectivity index (χ0n) is 11.8. The van der Waals surface area contributed by atoms with Gasteiger partial charge in [0.05, 0.1) is 0 Å². The molecule has 0 unspecified atom stereocenters. The van der Waals surface area contributed by atoms with Crippen LogP contribution in [0, 0.1) is 5.92 Å². The highest BCUT2D eigenvalue weighted by molar-refractivity contribution is 5.46. The van der Waals surface area contributed by atoms with Crippen molar-refractivity contribution >= 4 is 5.82 Å². The Labute approximate surface area is 116 Å². The fourth-order valence-corrected chi connectivity index (χ4v) is 3.54. The second kappa shape index (κ2) is 6.36. The third-order valence-electron chi connectivity index (χ3n) is 4.69. The highest BCUT2D eigenvalue weighted by Crippen LogP contribution is 2.28. The minimum absolute atomic E-state index is 0.952. The summed E-state index contributed by atoms with van der Waals surface area (Å²) in [4.78, 5) is 8.95. The summed E-state index contributed by atoms with van der Waals surface area (Å²) < 4.78 is 0. The van der Waals surface area contributed by atoms with E-state index in [2.05, 4.69) is 15.3 Å². The van der Waals surface area contributed by atoms with Crippen LogP contribution in [0.15, 0.2) is 6.33 Å². The molecule has 1 aromatic heterocycles. The van der Waals surface area contributed by atoms with Crippen LogP contribution in [0.2, 0.25) is 0 Å². The Kier molecular flexibility index (Phi) is 4.31. The van der Waals surface area contributed by atoms with Crippen molar-refractivity contribution in [1.82, 2.24) is 9.97 Å². The Morgan fingerprint density at radius 1 is 1.00 bits per heavy atom. The van der Waals surface area contributed by atoms with Crippen LogP contribution in [0.25, 0.3) is 0 Å². The third kappa shape index (κ3) is 3.26. The SMILES string of the molecule is c1nc2c(c(NCCC3CCCC3)n1)CCCCC2. The van der Waals surface area contributed by atoms with Gasteiger partial charge >= 0.3 is 0 Å². The number of nitrogens with one attached hydrogen (secondary N) is 1. The monoisotopic (exact) mass is 259 g/mol. The molecule has 3 heteroatoms. The van der Waals surface area contributed by atoms with Gasteiger partial charge in [-0.25, -0.2) is 9.97 Å². The molecule has 0 atom stereocenters. The lowest BCUT2D eigenvalue weighted by atomic mass is 10.0. The van der Waals surface area contributed by atoms with Gasteiger partial charge in [0.1, 0.15) is 12.1 Å². The summed E-state index contributed by atoms with van der Waals surface area (Å²) >= 11 is 0. The summed E-state index contributed by atoms with van der Waals surface area (Å²) in [5, 5.41) is 3.58. The summed E-state index contributed by atoms with van der Waals surface area (Å²) in [5.41, 5.74) is 2.68. The first-order valence-electron chi connectivity index (χ1n) is 8.00. The first-order chi connectivity index (χ1) is 9.43. The van der Waals surface area contributed by atoms with Crippen LogP contribution in [0.4, 0.5) is 5.82 Å². The molecule has 1 N–H and O–H groups in total. The van der Waals surface area contributed by atoms with E-state index in [0.717, 1.165) is 31.1 Å². The van der Waals surface area contributed by atoms with Crippen molar-refractivity contribution in [2.45, 2.75) is 64.2 Å². The van der Waals surface area contributed by atoms with Gasteiger partial charge in [-0.15, -0.1) is 0 Å². The predicted octanol–water partition coefficient (Wildman–Crippen LogP) is 3.74. The quantitative estimate of drug-likeness (QED) is 0.837. The Balaban J connectivity index is 1.60. The summed E-state index contributed by atoms with van der Waals surface area (Å²) in [7, 11) is 0. The van der Waals surface area contributed by atoms with Crippen LogP contribution in [0.1, 0.15) is 62.6 Å². The molecule has 104 valence electrons. The van der Waals surface area contributed by atoms with E-state index in [0.29, 0.717) is 0 Å². The van der Waals surface area contributed by atoms with Crippen LogP contribution in [0.3, 0.4) is 0 Å². The van der Waals surface area contributed by atoms with Crippen LogP contribution in [0.5, 0.6) is 0 Å². The van der Waals surface area contributed by atoms with Gasteiger partial charge in [-0.05, 0) is 38.0 Å². The topological polar surface area (TPSA) is 37.8 Å². The Bertz CT molecular complexity index is 410. The molecule has 0 radical (unpaired) electrons. The number of rotatable bonds is 4. The molecular formula is C16H25N3. The summed E-state index contributed by atoms with van der Waals surface area (Å²) in [6.07, 6.45) is 15.0. The van der Waals surface area contributed by atoms with E-state index in [1.165, 1.54) is 62.6 Å². The second-order valence-corrected chi connectivity index (χ2v) is 6.07. The molecule has 0 bridgehead atoms. The van der Waals surface area contributed by atoms with Gasteiger partial charge in [0, 0.05) is 17.8 Å². The molecule has 19 heavy (non-hydrogen) atoms. The number of fused-ring (bicyclic) bond motifs is 1. The van der Waals surface area contributed by atoms with Crippen LogP contribution in [-0.2, 0) is 12.8 Å². The van der Waals surface area contributed by atoms with Gasteiger partial charge in [-0.2, -0.15) is 0 Å². The Morgan fingerprint density at radius 2 is 1.84 bits per heavy atom.